The molecule has 1 amide bonds. The smallest absolute Gasteiger partial charge is 0.326 e. The molecule has 4 rings (SSSR count). The molecule has 8 nitrogen and oxygen atoms in total. The number of amides is 1. The number of aromatic nitrogens is 1. The van der Waals surface area contributed by atoms with Crippen molar-refractivity contribution in [2.24, 2.45) is 17.3 Å². The Labute approximate surface area is 242 Å². The van der Waals surface area contributed by atoms with Gasteiger partial charge in [0.05, 0.1) is 18.8 Å². The molecule has 1 aliphatic heterocycles. The maximum atomic E-state index is 14.2. The van der Waals surface area contributed by atoms with Crippen molar-refractivity contribution in [2.75, 3.05) is 20.3 Å². The zero-order chi connectivity index (χ0) is 28.9. The number of pyridine rings is 1. The van der Waals surface area contributed by atoms with Gasteiger partial charge < -0.3 is 24.8 Å². The number of carboxylic acid groups (broad SMARTS) is 1. The van der Waals surface area contributed by atoms with Gasteiger partial charge in [-0.1, -0.05) is 82.0 Å². The van der Waals surface area contributed by atoms with Gasteiger partial charge in [0.15, 0.2) is 0 Å². The Balaban J connectivity index is 1.76. The van der Waals surface area contributed by atoms with Gasteiger partial charge in [-0.2, -0.15) is 0 Å². The van der Waals surface area contributed by atoms with Gasteiger partial charge >= 0.3 is 5.97 Å². The predicted molar refractivity (Wildman–Crippen MR) is 154 cm³/mol. The highest BCUT2D eigenvalue weighted by atomic mass is 35.5. The molecule has 9 heteroatoms. The highest BCUT2D eigenvalue weighted by Gasteiger charge is 2.58. The van der Waals surface area contributed by atoms with Crippen molar-refractivity contribution >= 4 is 23.5 Å². The lowest BCUT2D eigenvalue weighted by Crippen LogP contribution is -2.49. The number of hydrogen-bond acceptors (Lipinski definition) is 6. The summed E-state index contributed by atoms with van der Waals surface area (Å²) >= 11 is 6.27. The van der Waals surface area contributed by atoms with Crippen LogP contribution in [0.1, 0.15) is 70.0 Å². The molecule has 0 bridgehead atoms. The number of carbonyl (C=O) groups is 2. The molecule has 2 N–H and O–H groups in total. The summed E-state index contributed by atoms with van der Waals surface area (Å²) < 4.78 is 11.0. The number of rotatable bonds is 10. The van der Waals surface area contributed by atoms with Crippen LogP contribution < -0.4 is 10.1 Å². The summed E-state index contributed by atoms with van der Waals surface area (Å²) in [5.74, 6) is -0.945. The van der Waals surface area contributed by atoms with Crippen molar-refractivity contribution in [2.45, 2.75) is 77.5 Å². The van der Waals surface area contributed by atoms with Gasteiger partial charge in [0.2, 0.25) is 5.91 Å². The molecule has 2 aromatic rings. The van der Waals surface area contributed by atoms with E-state index in [1.165, 1.54) is 0 Å². The number of carboxylic acids is 1. The Hall–Kier alpha value is -2.68. The Bertz CT molecular complexity index is 1150. The third-order valence-corrected chi connectivity index (χ3v) is 8.46. The fraction of sp³-hybridized carbons (Fsp3) is 0.581. The maximum Gasteiger partial charge on any atom is 0.326 e. The highest BCUT2D eigenvalue weighted by molar-refractivity contribution is 6.29. The fourth-order valence-electron chi connectivity index (χ4n) is 6.47. The quantitative estimate of drug-likeness (QED) is 0.287. The number of benzene rings is 1. The number of ether oxygens (including phenoxy) is 2. The van der Waals surface area contributed by atoms with Crippen LogP contribution in [-0.4, -0.2) is 59.3 Å². The maximum absolute atomic E-state index is 14.2. The second kappa shape index (κ2) is 13.3. The van der Waals surface area contributed by atoms with Crippen LogP contribution in [0, 0.1) is 17.3 Å². The highest BCUT2D eigenvalue weighted by Crippen LogP contribution is 2.49. The van der Waals surface area contributed by atoms with Crippen molar-refractivity contribution < 1.29 is 24.2 Å². The van der Waals surface area contributed by atoms with Gasteiger partial charge in [-0.25, -0.2) is 9.78 Å². The first-order chi connectivity index (χ1) is 19.1. The third kappa shape index (κ3) is 6.78. The molecule has 0 spiro atoms. The summed E-state index contributed by atoms with van der Waals surface area (Å²) in [5, 5.41) is 14.7. The van der Waals surface area contributed by atoms with Crippen molar-refractivity contribution in [1.82, 2.24) is 15.2 Å². The Morgan fingerprint density at radius 1 is 1.12 bits per heavy atom. The van der Waals surface area contributed by atoms with Crippen LogP contribution in [0.3, 0.4) is 0 Å². The van der Waals surface area contributed by atoms with E-state index in [0.29, 0.717) is 30.7 Å². The van der Waals surface area contributed by atoms with Gasteiger partial charge in [0.25, 0.3) is 0 Å². The van der Waals surface area contributed by atoms with E-state index >= 15 is 0 Å². The minimum atomic E-state index is -0.968. The number of hydrogen-bond donors (Lipinski definition) is 2. The summed E-state index contributed by atoms with van der Waals surface area (Å²) in [6.07, 6.45) is 6.32. The fourth-order valence-corrected chi connectivity index (χ4v) is 6.65. The normalized spacial score (nSPS) is 23.8. The van der Waals surface area contributed by atoms with E-state index in [1.54, 1.807) is 24.3 Å². The van der Waals surface area contributed by atoms with Crippen molar-refractivity contribution in [1.29, 1.82) is 0 Å². The lowest BCUT2D eigenvalue weighted by molar-refractivity contribution is -0.154. The number of methoxy groups -OCH3 is 1. The molecule has 4 atom stereocenters. The lowest BCUT2D eigenvalue weighted by atomic mass is 9.72. The van der Waals surface area contributed by atoms with Gasteiger partial charge in [0, 0.05) is 37.1 Å². The van der Waals surface area contributed by atoms with E-state index in [0.717, 1.165) is 43.2 Å². The first kappa shape index (κ1) is 30.3. The Morgan fingerprint density at radius 3 is 2.45 bits per heavy atom. The lowest BCUT2D eigenvalue weighted by Gasteiger charge is -2.36. The van der Waals surface area contributed by atoms with Gasteiger partial charge in [-0.3, -0.25) is 4.79 Å². The number of nitrogens with one attached hydrogen (secondary N) is 1. The minimum Gasteiger partial charge on any atom is -0.489 e. The summed E-state index contributed by atoms with van der Waals surface area (Å²) in [6, 6.07) is 9.82. The number of halogens is 1. The van der Waals surface area contributed by atoms with Gasteiger partial charge in [-0.05, 0) is 29.9 Å². The van der Waals surface area contributed by atoms with E-state index in [9.17, 15) is 14.7 Å². The van der Waals surface area contributed by atoms with Crippen LogP contribution in [0.2, 0.25) is 5.15 Å². The molecular formula is C31H42ClN3O5. The molecule has 1 aromatic carbocycles. The summed E-state index contributed by atoms with van der Waals surface area (Å²) in [6.45, 7) is 7.32. The SMILES string of the molecule is COCCOc1cnc(Cl)cc1CNC1C(c2ccccc2)N(C(=O)C2CCCCC2)C(C(=O)O)C1C(C)(C)C. The molecule has 1 aliphatic carbocycles. The van der Waals surface area contributed by atoms with Crippen LogP contribution >= 0.6 is 11.6 Å². The second-order valence-electron chi connectivity index (χ2n) is 12.0. The van der Waals surface area contributed by atoms with Gasteiger partial charge in [0.1, 0.15) is 23.6 Å². The molecule has 1 saturated heterocycles. The van der Waals surface area contributed by atoms with E-state index in [4.69, 9.17) is 21.1 Å². The predicted octanol–water partition coefficient (Wildman–Crippen LogP) is 5.50. The number of nitrogens with zero attached hydrogens (tertiary/aromatic N) is 2. The third-order valence-electron chi connectivity index (χ3n) is 8.26. The average Bonchev–Trinajstić information content (AvgIpc) is 3.29. The molecular weight excluding hydrogens is 530 g/mol. The van der Waals surface area contributed by atoms with Gasteiger partial charge in [-0.15, -0.1) is 0 Å². The summed E-state index contributed by atoms with van der Waals surface area (Å²) in [4.78, 5) is 33.1. The molecule has 0 radical (unpaired) electrons. The van der Waals surface area contributed by atoms with Crippen LogP contribution in [-0.2, 0) is 20.9 Å². The summed E-state index contributed by atoms with van der Waals surface area (Å²) in [5.41, 5.74) is 1.31. The molecule has 40 heavy (non-hydrogen) atoms. The molecule has 1 aromatic heterocycles. The first-order valence-corrected chi connectivity index (χ1v) is 14.6. The monoisotopic (exact) mass is 571 g/mol. The molecule has 2 fully saturated rings. The molecule has 218 valence electrons. The van der Waals surface area contributed by atoms with E-state index in [1.807, 2.05) is 30.3 Å². The zero-order valence-corrected chi connectivity index (χ0v) is 24.7. The second-order valence-corrected chi connectivity index (χ2v) is 12.4. The van der Waals surface area contributed by atoms with Crippen molar-refractivity contribution in [3.63, 3.8) is 0 Å². The molecule has 2 aliphatic rings. The standard InChI is InChI=1S/C31H42ClN3O5/c1-31(2,3)25-26(34-18-22-17-24(32)33-19-23(22)40-16-15-39-4)27(20-11-7-5-8-12-20)35(28(25)30(37)38)29(36)21-13-9-6-10-14-21/h5,7-8,11-12,17,19,21,25-28,34H,6,9-10,13-16,18H2,1-4H3,(H,37,38). The molecule has 2 heterocycles. The minimum absolute atomic E-state index is 0.0463. The van der Waals surface area contributed by atoms with E-state index < -0.39 is 23.5 Å². The molecule has 1 saturated carbocycles. The Kier molecular flexibility index (Phi) is 10.1. The first-order valence-electron chi connectivity index (χ1n) is 14.2. The number of likely N-dealkylation sites (tertiary alicyclic amines) is 1. The van der Waals surface area contributed by atoms with Crippen molar-refractivity contribution in [3.05, 3.63) is 58.9 Å². The average molecular weight is 572 g/mol. The van der Waals surface area contributed by atoms with E-state index in [-0.39, 0.29) is 23.8 Å². The molecule has 4 unspecified atom stereocenters. The zero-order valence-electron chi connectivity index (χ0n) is 23.9. The van der Waals surface area contributed by atoms with Crippen LogP contribution in [0.15, 0.2) is 42.6 Å². The number of aliphatic carboxylic acids is 1. The van der Waals surface area contributed by atoms with Crippen LogP contribution in [0.25, 0.3) is 0 Å². The number of carbonyl (C=O) groups excluding carboxylic acids is 1. The van der Waals surface area contributed by atoms with Crippen molar-refractivity contribution in [3.8, 4) is 5.75 Å². The van der Waals surface area contributed by atoms with Crippen LogP contribution in [0.4, 0.5) is 0 Å². The summed E-state index contributed by atoms with van der Waals surface area (Å²) in [7, 11) is 1.61. The largest absolute Gasteiger partial charge is 0.489 e. The van der Waals surface area contributed by atoms with Crippen LogP contribution in [0.5, 0.6) is 5.75 Å². The van der Waals surface area contributed by atoms with E-state index in [2.05, 4.69) is 31.1 Å². The topological polar surface area (TPSA) is 101 Å². The Morgan fingerprint density at radius 2 is 1.82 bits per heavy atom.